The van der Waals surface area contributed by atoms with Gasteiger partial charge in [0.1, 0.15) is 0 Å². The van der Waals surface area contributed by atoms with Crippen molar-refractivity contribution in [3.8, 4) is 0 Å². The second-order valence-corrected chi connectivity index (χ2v) is 7.15. The Kier molecular flexibility index (Phi) is 6.05. The van der Waals surface area contributed by atoms with Crippen molar-refractivity contribution in [1.82, 2.24) is 0 Å². The zero-order valence-corrected chi connectivity index (χ0v) is 16.7. The van der Waals surface area contributed by atoms with E-state index in [1.54, 1.807) is 0 Å². The highest BCUT2D eigenvalue weighted by molar-refractivity contribution is 5.53. The van der Waals surface area contributed by atoms with Gasteiger partial charge in [0.2, 0.25) is 0 Å². The molecule has 3 aromatic rings. The van der Waals surface area contributed by atoms with Gasteiger partial charge in [-0.2, -0.15) is 20.5 Å². The first-order chi connectivity index (χ1) is 14.3. The Morgan fingerprint density at radius 3 is 1.38 bits per heavy atom. The van der Waals surface area contributed by atoms with Crippen LogP contribution in [0.2, 0.25) is 0 Å². The van der Waals surface area contributed by atoms with Gasteiger partial charge >= 0.3 is 0 Å². The fourth-order valence-electron chi connectivity index (χ4n) is 3.32. The molecule has 0 amide bonds. The molecule has 0 aromatic heterocycles. The SMILES string of the molecule is CCc1ccc(N=Nc2ccc(N=Nc3ccc(N4CCCC4)cc3)cc2)cc1. The first-order valence-corrected chi connectivity index (χ1v) is 10.2. The average Bonchev–Trinajstić information content (AvgIpc) is 3.33. The molecule has 4 rings (SSSR count). The molecule has 5 heteroatoms. The van der Waals surface area contributed by atoms with E-state index >= 15 is 0 Å². The van der Waals surface area contributed by atoms with Gasteiger partial charge in [0, 0.05) is 18.8 Å². The molecule has 0 spiro atoms. The summed E-state index contributed by atoms with van der Waals surface area (Å²) in [6, 6.07) is 24.0. The van der Waals surface area contributed by atoms with E-state index in [1.165, 1.54) is 24.1 Å². The van der Waals surface area contributed by atoms with Gasteiger partial charge in [-0.1, -0.05) is 19.1 Å². The largest absolute Gasteiger partial charge is 0.372 e. The zero-order valence-electron chi connectivity index (χ0n) is 16.7. The van der Waals surface area contributed by atoms with Crippen molar-refractivity contribution >= 4 is 28.4 Å². The molecule has 1 saturated heterocycles. The predicted octanol–water partition coefficient (Wildman–Crippen LogP) is 7.68. The topological polar surface area (TPSA) is 52.7 Å². The van der Waals surface area contributed by atoms with Gasteiger partial charge in [-0.05, 0) is 85.5 Å². The van der Waals surface area contributed by atoms with E-state index in [1.807, 2.05) is 48.5 Å². The van der Waals surface area contributed by atoms with Crippen molar-refractivity contribution in [2.45, 2.75) is 26.2 Å². The molecule has 1 heterocycles. The first kappa shape index (κ1) is 19.0. The Morgan fingerprint density at radius 1 is 0.586 bits per heavy atom. The molecular formula is C24H25N5. The fourth-order valence-corrected chi connectivity index (χ4v) is 3.32. The summed E-state index contributed by atoms with van der Waals surface area (Å²) in [5.74, 6) is 0. The highest BCUT2D eigenvalue weighted by Gasteiger charge is 2.11. The zero-order chi connectivity index (χ0) is 19.9. The lowest BCUT2D eigenvalue weighted by atomic mass is 10.2. The van der Waals surface area contributed by atoms with Crippen molar-refractivity contribution in [3.05, 3.63) is 78.4 Å². The third-order valence-corrected chi connectivity index (χ3v) is 5.08. The highest BCUT2D eigenvalue weighted by atomic mass is 15.1. The van der Waals surface area contributed by atoms with Gasteiger partial charge in [-0.3, -0.25) is 0 Å². The van der Waals surface area contributed by atoms with Crippen molar-refractivity contribution < 1.29 is 0 Å². The number of benzene rings is 3. The first-order valence-electron chi connectivity index (χ1n) is 10.2. The van der Waals surface area contributed by atoms with E-state index in [9.17, 15) is 0 Å². The standard InChI is InChI=1S/C24H25N5/c1-2-19-5-7-20(8-6-19)25-26-21-9-11-22(12-10-21)27-28-23-13-15-24(16-14-23)29-17-3-4-18-29/h5-16H,2-4,17-18H2,1H3. The number of rotatable bonds is 6. The lowest BCUT2D eigenvalue weighted by molar-refractivity contribution is 0.949. The van der Waals surface area contributed by atoms with Crippen LogP contribution in [0.25, 0.3) is 0 Å². The van der Waals surface area contributed by atoms with E-state index in [-0.39, 0.29) is 0 Å². The third-order valence-electron chi connectivity index (χ3n) is 5.08. The Balaban J connectivity index is 1.36. The molecule has 0 saturated carbocycles. The van der Waals surface area contributed by atoms with Crippen LogP contribution in [0.5, 0.6) is 0 Å². The van der Waals surface area contributed by atoms with Crippen LogP contribution in [0, 0.1) is 0 Å². The summed E-state index contributed by atoms with van der Waals surface area (Å²) in [6.45, 7) is 4.43. The minimum Gasteiger partial charge on any atom is -0.372 e. The molecule has 29 heavy (non-hydrogen) atoms. The maximum atomic E-state index is 4.34. The van der Waals surface area contributed by atoms with Crippen molar-refractivity contribution in [2.75, 3.05) is 18.0 Å². The Hall–Kier alpha value is -3.34. The average molecular weight is 383 g/mol. The normalized spacial score (nSPS) is 14.3. The molecule has 146 valence electrons. The van der Waals surface area contributed by atoms with Gasteiger partial charge in [0.15, 0.2) is 0 Å². The van der Waals surface area contributed by atoms with Crippen molar-refractivity contribution in [2.24, 2.45) is 20.5 Å². The summed E-state index contributed by atoms with van der Waals surface area (Å²) in [4.78, 5) is 2.41. The summed E-state index contributed by atoms with van der Waals surface area (Å²) >= 11 is 0. The number of hydrogen-bond donors (Lipinski definition) is 0. The molecule has 5 nitrogen and oxygen atoms in total. The van der Waals surface area contributed by atoms with E-state index in [0.717, 1.165) is 42.3 Å². The minimum absolute atomic E-state index is 0.790. The van der Waals surface area contributed by atoms with Gasteiger partial charge in [-0.25, -0.2) is 0 Å². The molecule has 1 aliphatic heterocycles. The van der Waals surface area contributed by atoms with Crippen LogP contribution in [0.4, 0.5) is 28.4 Å². The third kappa shape index (κ3) is 5.13. The van der Waals surface area contributed by atoms with Crippen LogP contribution < -0.4 is 4.90 Å². The number of anilines is 1. The predicted molar refractivity (Wildman–Crippen MR) is 119 cm³/mol. The van der Waals surface area contributed by atoms with E-state index in [4.69, 9.17) is 0 Å². The fraction of sp³-hybridized carbons (Fsp3) is 0.250. The summed E-state index contributed by atoms with van der Waals surface area (Å²) in [5, 5.41) is 17.2. The number of azo groups is 2. The highest BCUT2D eigenvalue weighted by Crippen LogP contribution is 2.26. The molecule has 0 aliphatic carbocycles. The number of aryl methyl sites for hydroxylation is 1. The second-order valence-electron chi connectivity index (χ2n) is 7.15. The van der Waals surface area contributed by atoms with Crippen LogP contribution in [-0.4, -0.2) is 13.1 Å². The van der Waals surface area contributed by atoms with Crippen LogP contribution in [0.3, 0.4) is 0 Å². The Labute approximate surface area is 171 Å². The summed E-state index contributed by atoms with van der Waals surface area (Å²) < 4.78 is 0. The molecule has 1 fully saturated rings. The van der Waals surface area contributed by atoms with Crippen LogP contribution >= 0.6 is 0 Å². The van der Waals surface area contributed by atoms with Gasteiger partial charge in [0.05, 0.1) is 22.7 Å². The maximum absolute atomic E-state index is 4.34. The number of hydrogen-bond acceptors (Lipinski definition) is 5. The second kappa shape index (κ2) is 9.24. The van der Waals surface area contributed by atoms with E-state index in [2.05, 4.69) is 56.5 Å². The smallest absolute Gasteiger partial charge is 0.0858 e. The quantitative estimate of drug-likeness (QED) is 0.403. The van der Waals surface area contributed by atoms with Crippen LogP contribution in [0.1, 0.15) is 25.3 Å². The maximum Gasteiger partial charge on any atom is 0.0858 e. The van der Waals surface area contributed by atoms with Crippen molar-refractivity contribution in [3.63, 3.8) is 0 Å². The molecule has 0 radical (unpaired) electrons. The van der Waals surface area contributed by atoms with E-state index in [0.29, 0.717) is 0 Å². The Morgan fingerprint density at radius 2 is 0.966 bits per heavy atom. The lowest BCUT2D eigenvalue weighted by Gasteiger charge is -2.17. The van der Waals surface area contributed by atoms with Gasteiger partial charge in [-0.15, -0.1) is 0 Å². The van der Waals surface area contributed by atoms with Crippen LogP contribution in [0.15, 0.2) is 93.3 Å². The van der Waals surface area contributed by atoms with Gasteiger partial charge in [0.25, 0.3) is 0 Å². The molecule has 0 atom stereocenters. The minimum atomic E-state index is 0.790. The lowest BCUT2D eigenvalue weighted by Crippen LogP contribution is -2.17. The molecule has 0 unspecified atom stereocenters. The molecule has 3 aromatic carbocycles. The Bertz CT molecular complexity index is 967. The number of nitrogens with zero attached hydrogens (tertiary/aromatic N) is 5. The van der Waals surface area contributed by atoms with E-state index < -0.39 is 0 Å². The summed E-state index contributed by atoms with van der Waals surface area (Å²) in [6.07, 6.45) is 3.58. The van der Waals surface area contributed by atoms with Crippen LogP contribution in [-0.2, 0) is 6.42 Å². The molecule has 0 N–H and O–H groups in total. The molecule has 0 bridgehead atoms. The van der Waals surface area contributed by atoms with Crippen molar-refractivity contribution in [1.29, 1.82) is 0 Å². The summed E-state index contributed by atoms with van der Waals surface area (Å²) in [5.41, 5.74) is 5.85. The molecule has 1 aliphatic rings. The van der Waals surface area contributed by atoms with Gasteiger partial charge < -0.3 is 4.90 Å². The molecular weight excluding hydrogens is 358 g/mol. The monoisotopic (exact) mass is 383 g/mol. The summed E-state index contributed by atoms with van der Waals surface area (Å²) in [7, 11) is 0.